The molecule has 0 fully saturated rings. The molecule has 0 saturated carbocycles. The number of aromatic nitrogens is 1. The summed E-state index contributed by atoms with van der Waals surface area (Å²) in [4.78, 5) is 10.4. The van der Waals surface area contributed by atoms with E-state index >= 15 is 0 Å². The van der Waals surface area contributed by atoms with E-state index in [-0.39, 0.29) is 24.0 Å². The maximum Gasteiger partial charge on any atom is 0.434 e. The van der Waals surface area contributed by atoms with Crippen molar-refractivity contribution in [1.82, 2.24) is 20.5 Å². The van der Waals surface area contributed by atoms with E-state index in [1.807, 2.05) is 6.92 Å². The van der Waals surface area contributed by atoms with Crippen molar-refractivity contribution < 1.29 is 13.2 Å². The Kier molecular flexibility index (Phi) is 12.4. The number of nitrogens with one attached hydrogen (secondary N) is 2. The van der Waals surface area contributed by atoms with Crippen molar-refractivity contribution >= 4 is 41.3 Å². The Bertz CT molecular complexity index is 504. The Labute approximate surface area is 168 Å². The van der Waals surface area contributed by atoms with Crippen LogP contribution >= 0.6 is 35.3 Å². The van der Waals surface area contributed by atoms with Crippen LogP contribution in [0.5, 0.6) is 0 Å². The van der Waals surface area contributed by atoms with Crippen molar-refractivity contribution in [3.05, 3.63) is 16.1 Å². The van der Waals surface area contributed by atoms with Gasteiger partial charge in [-0.15, -0.1) is 35.3 Å². The van der Waals surface area contributed by atoms with Gasteiger partial charge in [-0.1, -0.05) is 13.8 Å². The van der Waals surface area contributed by atoms with E-state index in [2.05, 4.69) is 39.4 Å². The fourth-order valence-corrected chi connectivity index (χ4v) is 2.83. The molecule has 0 atom stereocenters. The Morgan fingerprint density at radius 3 is 2.44 bits per heavy atom. The molecule has 1 aromatic heterocycles. The molecular weight excluding hydrogens is 466 g/mol. The van der Waals surface area contributed by atoms with E-state index in [4.69, 9.17) is 0 Å². The van der Waals surface area contributed by atoms with E-state index in [0.29, 0.717) is 30.5 Å². The fourth-order valence-electron chi connectivity index (χ4n) is 2.03. The Balaban J connectivity index is 0.00000576. The number of thiazole rings is 1. The summed E-state index contributed by atoms with van der Waals surface area (Å²) in [6, 6.07) is 0. The van der Waals surface area contributed by atoms with Crippen molar-refractivity contribution in [2.75, 3.05) is 39.3 Å². The molecule has 0 aliphatic rings. The van der Waals surface area contributed by atoms with Crippen molar-refractivity contribution in [1.29, 1.82) is 0 Å². The summed E-state index contributed by atoms with van der Waals surface area (Å²) >= 11 is 1.03. The SMILES string of the molecule is CCNC(=NCCN(CC)CC)NCCc1nc(C(F)(F)F)cs1.I. The van der Waals surface area contributed by atoms with Gasteiger partial charge in [0.05, 0.1) is 11.6 Å². The normalized spacial score (nSPS) is 12.2. The standard InChI is InChI=1S/C15H26F3N5S.HI/c1-4-19-14(21-9-10-23(5-2)6-3)20-8-7-13-22-12(11-24-13)15(16,17)18;/h11H,4-10H2,1-3H3,(H2,19,20,21);1H. The summed E-state index contributed by atoms with van der Waals surface area (Å²) in [7, 11) is 0. The van der Waals surface area contributed by atoms with Crippen LogP contribution in [0.25, 0.3) is 0 Å². The van der Waals surface area contributed by atoms with Crippen LogP contribution in [0, 0.1) is 0 Å². The second-order valence-electron chi connectivity index (χ2n) is 5.09. The maximum atomic E-state index is 12.5. The largest absolute Gasteiger partial charge is 0.434 e. The van der Waals surface area contributed by atoms with Gasteiger partial charge in [-0.3, -0.25) is 4.99 Å². The minimum atomic E-state index is -4.37. The van der Waals surface area contributed by atoms with Crippen molar-refractivity contribution in [3.63, 3.8) is 0 Å². The minimum Gasteiger partial charge on any atom is -0.357 e. The van der Waals surface area contributed by atoms with Crippen LogP contribution in [-0.2, 0) is 12.6 Å². The summed E-state index contributed by atoms with van der Waals surface area (Å²) < 4.78 is 37.5. The smallest absolute Gasteiger partial charge is 0.357 e. The number of alkyl halides is 3. The number of hydrogen-bond acceptors (Lipinski definition) is 4. The lowest BCUT2D eigenvalue weighted by molar-refractivity contribution is -0.140. The maximum absolute atomic E-state index is 12.5. The molecule has 0 aromatic carbocycles. The molecule has 0 aliphatic carbocycles. The molecule has 0 bridgehead atoms. The summed E-state index contributed by atoms with van der Waals surface area (Å²) in [5.41, 5.74) is -0.817. The Morgan fingerprint density at radius 1 is 1.24 bits per heavy atom. The zero-order chi connectivity index (χ0) is 18.0. The molecule has 25 heavy (non-hydrogen) atoms. The van der Waals surface area contributed by atoms with Gasteiger partial charge in [0, 0.05) is 31.4 Å². The van der Waals surface area contributed by atoms with Gasteiger partial charge < -0.3 is 15.5 Å². The first kappa shape index (κ1) is 24.4. The van der Waals surface area contributed by atoms with Crippen LogP contribution in [0.2, 0.25) is 0 Å². The lowest BCUT2D eigenvalue weighted by Gasteiger charge is -2.17. The molecular formula is C15H27F3IN5S. The quantitative estimate of drug-likeness (QED) is 0.315. The second kappa shape index (κ2) is 12.7. The molecule has 5 nitrogen and oxygen atoms in total. The second-order valence-corrected chi connectivity index (χ2v) is 6.03. The molecule has 0 amide bonds. The number of aliphatic imine (C=N–C) groups is 1. The molecule has 146 valence electrons. The number of likely N-dealkylation sites (N-methyl/N-ethyl adjacent to an activating group) is 1. The van der Waals surface area contributed by atoms with E-state index < -0.39 is 11.9 Å². The van der Waals surface area contributed by atoms with Crippen LogP contribution in [0.15, 0.2) is 10.4 Å². The van der Waals surface area contributed by atoms with Crippen molar-refractivity contribution in [3.8, 4) is 0 Å². The predicted molar refractivity (Wildman–Crippen MR) is 108 cm³/mol. The van der Waals surface area contributed by atoms with Gasteiger partial charge in [0.15, 0.2) is 11.7 Å². The highest BCUT2D eigenvalue weighted by Crippen LogP contribution is 2.29. The third-order valence-corrected chi connectivity index (χ3v) is 4.31. The van der Waals surface area contributed by atoms with Gasteiger partial charge in [0.1, 0.15) is 0 Å². The van der Waals surface area contributed by atoms with Gasteiger partial charge in [-0.2, -0.15) is 13.2 Å². The van der Waals surface area contributed by atoms with E-state index in [0.717, 1.165) is 42.9 Å². The number of guanidine groups is 1. The van der Waals surface area contributed by atoms with Crippen LogP contribution in [0.4, 0.5) is 13.2 Å². The van der Waals surface area contributed by atoms with Gasteiger partial charge in [-0.25, -0.2) is 4.98 Å². The highest BCUT2D eigenvalue weighted by molar-refractivity contribution is 14.0. The molecule has 2 N–H and O–H groups in total. The molecule has 1 aromatic rings. The van der Waals surface area contributed by atoms with Gasteiger partial charge >= 0.3 is 6.18 Å². The Hall–Kier alpha value is -0.620. The summed E-state index contributed by atoms with van der Waals surface area (Å²) in [5, 5.41) is 7.78. The van der Waals surface area contributed by atoms with Gasteiger partial charge in [0.2, 0.25) is 0 Å². The highest BCUT2D eigenvalue weighted by Gasteiger charge is 2.33. The number of hydrogen-bond donors (Lipinski definition) is 2. The molecule has 0 spiro atoms. The molecule has 0 unspecified atom stereocenters. The number of nitrogens with zero attached hydrogens (tertiary/aromatic N) is 3. The molecule has 0 aliphatic heterocycles. The number of rotatable bonds is 9. The molecule has 0 saturated heterocycles. The molecule has 0 radical (unpaired) electrons. The molecule has 1 heterocycles. The van der Waals surface area contributed by atoms with E-state index in [1.165, 1.54) is 0 Å². The summed E-state index contributed by atoms with van der Waals surface area (Å²) in [5.74, 6) is 0.678. The lowest BCUT2D eigenvalue weighted by Crippen LogP contribution is -2.39. The zero-order valence-corrected chi connectivity index (χ0v) is 18.0. The zero-order valence-electron chi connectivity index (χ0n) is 14.8. The van der Waals surface area contributed by atoms with Gasteiger partial charge in [0.25, 0.3) is 0 Å². The first-order valence-corrected chi connectivity index (χ1v) is 9.04. The molecule has 10 heteroatoms. The Morgan fingerprint density at radius 2 is 1.92 bits per heavy atom. The lowest BCUT2D eigenvalue weighted by atomic mass is 10.4. The highest BCUT2D eigenvalue weighted by atomic mass is 127. The van der Waals surface area contributed by atoms with Crippen LogP contribution in [0.3, 0.4) is 0 Å². The average Bonchev–Trinajstić information content (AvgIpc) is 3.00. The minimum absolute atomic E-state index is 0. The first-order chi connectivity index (χ1) is 11.4. The van der Waals surface area contributed by atoms with Crippen LogP contribution in [-0.4, -0.2) is 55.1 Å². The average molecular weight is 493 g/mol. The fraction of sp³-hybridized carbons (Fsp3) is 0.733. The van der Waals surface area contributed by atoms with Gasteiger partial charge in [-0.05, 0) is 20.0 Å². The van der Waals surface area contributed by atoms with Crippen LogP contribution in [0.1, 0.15) is 31.5 Å². The van der Waals surface area contributed by atoms with Crippen molar-refractivity contribution in [2.24, 2.45) is 4.99 Å². The summed E-state index contributed by atoms with van der Waals surface area (Å²) in [6.07, 6.45) is -3.94. The monoisotopic (exact) mass is 493 g/mol. The first-order valence-electron chi connectivity index (χ1n) is 8.16. The topological polar surface area (TPSA) is 52.6 Å². The third kappa shape index (κ3) is 9.59. The predicted octanol–water partition coefficient (Wildman–Crippen LogP) is 3.22. The summed E-state index contributed by atoms with van der Waals surface area (Å²) in [6.45, 7) is 10.9. The number of halogens is 4. The van der Waals surface area contributed by atoms with Crippen molar-refractivity contribution in [2.45, 2.75) is 33.4 Å². The third-order valence-electron chi connectivity index (χ3n) is 3.40. The van der Waals surface area contributed by atoms with E-state index in [1.54, 1.807) is 0 Å². The van der Waals surface area contributed by atoms with E-state index in [9.17, 15) is 13.2 Å². The molecule has 1 rings (SSSR count). The van der Waals surface area contributed by atoms with Crippen LogP contribution < -0.4 is 10.6 Å².